The summed E-state index contributed by atoms with van der Waals surface area (Å²) in [6.45, 7) is 9.86. The van der Waals surface area contributed by atoms with Gasteiger partial charge in [0.15, 0.2) is 11.5 Å². The molecule has 1 heterocycles. The van der Waals surface area contributed by atoms with Gasteiger partial charge < -0.3 is 19.4 Å². The second kappa shape index (κ2) is 5.60. The fraction of sp³-hybridized carbons (Fsp3) is 0.529. The molecule has 2 rings (SSSR count). The molecule has 0 aliphatic rings. The summed E-state index contributed by atoms with van der Waals surface area (Å²) in [5, 5.41) is 21.4. The molecular weight excluding hydrogens is 268 g/mol. The van der Waals surface area contributed by atoms with Gasteiger partial charge in [0, 0.05) is 29.5 Å². The Labute approximate surface area is 125 Å². The van der Waals surface area contributed by atoms with Crippen LogP contribution in [0.4, 0.5) is 0 Å². The smallest absolute Gasteiger partial charge is 0.164 e. The molecule has 0 amide bonds. The number of hydrogen-bond donors (Lipinski definition) is 2. The van der Waals surface area contributed by atoms with E-state index in [0.29, 0.717) is 16.7 Å². The van der Waals surface area contributed by atoms with E-state index >= 15 is 0 Å². The zero-order chi connectivity index (χ0) is 15.9. The van der Waals surface area contributed by atoms with E-state index in [9.17, 15) is 10.2 Å². The third-order valence-electron chi connectivity index (χ3n) is 3.93. The fourth-order valence-corrected chi connectivity index (χ4v) is 2.72. The summed E-state index contributed by atoms with van der Waals surface area (Å²) >= 11 is 0. The molecule has 0 aliphatic carbocycles. The molecule has 1 unspecified atom stereocenters. The lowest BCUT2D eigenvalue weighted by Gasteiger charge is -2.22. The van der Waals surface area contributed by atoms with Gasteiger partial charge in [-0.05, 0) is 18.9 Å². The van der Waals surface area contributed by atoms with Crippen LogP contribution in [0.2, 0.25) is 0 Å². The Morgan fingerprint density at radius 3 is 2.19 bits per heavy atom. The predicted molar refractivity (Wildman–Crippen MR) is 83.0 cm³/mol. The molecule has 2 N–H and O–H groups in total. The number of methoxy groups -OCH3 is 1. The molecule has 4 nitrogen and oxygen atoms in total. The van der Waals surface area contributed by atoms with Crippen molar-refractivity contribution in [3.05, 3.63) is 23.0 Å². The third kappa shape index (κ3) is 2.48. The highest BCUT2D eigenvalue weighted by Gasteiger charge is 2.28. The maximum atomic E-state index is 10.4. The summed E-state index contributed by atoms with van der Waals surface area (Å²) in [6.07, 6.45) is -0.309. The zero-order valence-corrected chi connectivity index (χ0v) is 13.5. The van der Waals surface area contributed by atoms with Crippen molar-refractivity contribution in [3.8, 4) is 11.5 Å². The van der Waals surface area contributed by atoms with Crippen molar-refractivity contribution in [2.75, 3.05) is 7.11 Å². The van der Waals surface area contributed by atoms with Crippen LogP contribution in [-0.2, 0) is 4.74 Å². The number of rotatable bonds is 4. The normalized spacial score (nSPS) is 13.5. The van der Waals surface area contributed by atoms with Crippen molar-refractivity contribution >= 4 is 11.0 Å². The molecule has 1 aromatic carbocycles. The number of phenolic OH excluding ortho intramolecular Hbond substituents is 2. The van der Waals surface area contributed by atoms with E-state index in [1.807, 2.05) is 33.8 Å². The minimum atomic E-state index is -0.309. The van der Waals surface area contributed by atoms with Gasteiger partial charge in [-0.15, -0.1) is 0 Å². The van der Waals surface area contributed by atoms with E-state index in [1.165, 1.54) is 0 Å². The second-order valence-corrected chi connectivity index (χ2v) is 6.18. The topological polar surface area (TPSA) is 62.8 Å². The first kappa shape index (κ1) is 15.7. The first-order valence-corrected chi connectivity index (χ1v) is 7.30. The van der Waals surface area contributed by atoms with Crippen LogP contribution >= 0.6 is 0 Å². The van der Waals surface area contributed by atoms with Crippen LogP contribution in [0.15, 0.2) is 10.5 Å². The van der Waals surface area contributed by atoms with Gasteiger partial charge in [0.1, 0.15) is 11.3 Å². The van der Waals surface area contributed by atoms with E-state index in [0.717, 1.165) is 11.1 Å². The summed E-state index contributed by atoms with van der Waals surface area (Å²) in [6, 6.07) is 1.94. The van der Waals surface area contributed by atoms with Crippen LogP contribution in [0.3, 0.4) is 0 Å². The molecular formula is C17H24O4. The van der Waals surface area contributed by atoms with Gasteiger partial charge in [0.2, 0.25) is 0 Å². The number of phenols is 2. The average molecular weight is 292 g/mol. The van der Waals surface area contributed by atoms with Crippen LogP contribution in [0.5, 0.6) is 11.5 Å². The minimum Gasteiger partial charge on any atom is -0.504 e. The highest BCUT2D eigenvalue weighted by Crippen LogP contribution is 2.46. The number of benzene rings is 1. The Morgan fingerprint density at radius 1 is 1.10 bits per heavy atom. The Balaban J connectivity index is 2.84. The van der Waals surface area contributed by atoms with Crippen molar-refractivity contribution in [3.63, 3.8) is 0 Å². The van der Waals surface area contributed by atoms with Gasteiger partial charge in [0.05, 0.1) is 6.10 Å². The van der Waals surface area contributed by atoms with Crippen molar-refractivity contribution in [2.24, 2.45) is 5.92 Å². The quantitative estimate of drug-likeness (QED) is 0.807. The lowest BCUT2D eigenvalue weighted by Crippen LogP contribution is -2.10. The first-order chi connectivity index (χ1) is 9.79. The average Bonchev–Trinajstić information content (AvgIpc) is 2.85. The van der Waals surface area contributed by atoms with Crippen LogP contribution in [0.25, 0.3) is 11.0 Å². The summed E-state index contributed by atoms with van der Waals surface area (Å²) in [4.78, 5) is 0. The van der Waals surface area contributed by atoms with Gasteiger partial charge in [-0.3, -0.25) is 0 Å². The van der Waals surface area contributed by atoms with E-state index in [1.54, 1.807) is 14.0 Å². The molecule has 0 fully saturated rings. The Morgan fingerprint density at radius 2 is 1.71 bits per heavy atom. The Bertz CT molecular complexity index is 653. The van der Waals surface area contributed by atoms with Crippen LogP contribution in [0, 0.1) is 12.8 Å². The van der Waals surface area contributed by atoms with Gasteiger partial charge >= 0.3 is 0 Å². The van der Waals surface area contributed by atoms with Gasteiger partial charge in [0.25, 0.3) is 0 Å². The maximum absolute atomic E-state index is 10.4. The molecule has 0 bridgehead atoms. The van der Waals surface area contributed by atoms with Gasteiger partial charge in [-0.2, -0.15) is 0 Å². The number of fused-ring (bicyclic) bond motifs is 1. The second-order valence-electron chi connectivity index (χ2n) is 6.18. The summed E-state index contributed by atoms with van der Waals surface area (Å²) in [5.74, 6) is 0.969. The van der Waals surface area contributed by atoms with E-state index in [-0.39, 0.29) is 29.4 Å². The standard InChI is InChI=1S/C17H24O4/c1-8(2)12-7-11-13(16(20-6)9(3)4)15(19)14(18)10(5)17(11)21-12/h7-9,16,18-19H,1-6H3. The third-order valence-corrected chi connectivity index (χ3v) is 3.93. The Kier molecular flexibility index (Phi) is 4.19. The molecule has 4 heteroatoms. The maximum Gasteiger partial charge on any atom is 0.164 e. The molecule has 0 aliphatic heterocycles. The van der Waals surface area contributed by atoms with Crippen molar-refractivity contribution in [1.29, 1.82) is 0 Å². The molecule has 0 saturated carbocycles. The molecule has 1 aromatic heterocycles. The first-order valence-electron chi connectivity index (χ1n) is 7.30. The number of ether oxygens (including phenoxy) is 1. The minimum absolute atomic E-state index is 0.114. The fourth-order valence-electron chi connectivity index (χ4n) is 2.72. The highest BCUT2D eigenvalue weighted by molar-refractivity contribution is 5.90. The molecule has 116 valence electrons. The van der Waals surface area contributed by atoms with Crippen LogP contribution < -0.4 is 0 Å². The zero-order valence-electron chi connectivity index (χ0n) is 13.5. The van der Waals surface area contributed by atoms with Crippen LogP contribution in [-0.4, -0.2) is 17.3 Å². The lowest BCUT2D eigenvalue weighted by atomic mass is 9.93. The highest BCUT2D eigenvalue weighted by atomic mass is 16.5. The predicted octanol–water partition coefficient (Wildman–Crippen LogP) is 4.62. The summed E-state index contributed by atoms with van der Waals surface area (Å²) in [7, 11) is 1.61. The molecule has 0 radical (unpaired) electrons. The number of furan rings is 1. The number of aryl methyl sites for hydroxylation is 1. The molecule has 0 saturated heterocycles. The monoisotopic (exact) mass is 292 g/mol. The largest absolute Gasteiger partial charge is 0.504 e. The summed E-state index contributed by atoms with van der Waals surface area (Å²) in [5.41, 5.74) is 1.77. The lowest BCUT2D eigenvalue weighted by molar-refractivity contribution is 0.0635. The van der Waals surface area contributed by atoms with Crippen LogP contribution in [0.1, 0.15) is 56.6 Å². The van der Waals surface area contributed by atoms with E-state index in [2.05, 4.69) is 0 Å². The molecule has 21 heavy (non-hydrogen) atoms. The summed E-state index contributed by atoms with van der Waals surface area (Å²) < 4.78 is 11.4. The Hall–Kier alpha value is -1.68. The molecule has 0 spiro atoms. The van der Waals surface area contributed by atoms with Crippen molar-refractivity contribution in [2.45, 2.75) is 46.6 Å². The van der Waals surface area contributed by atoms with Gasteiger partial charge in [-0.25, -0.2) is 0 Å². The SMILES string of the molecule is COC(c1c(O)c(O)c(C)c2oc(C(C)C)cc12)C(C)C. The number of aromatic hydroxyl groups is 2. The van der Waals surface area contributed by atoms with Crippen molar-refractivity contribution in [1.82, 2.24) is 0 Å². The van der Waals surface area contributed by atoms with Crippen molar-refractivity contribution < 1.29 is 19.4 Å². The molecule has 2 aromatic rings. The molecule has 1 atom stereocenters. The van der Waals surface area contributed by atoms with Gasteiger partial charge in [-0.1, -0.05) is 27.7 Å². The van der Waals surface area contributed by atoms with E-state index < -0.39 is 0 Å². The van der Waals surface area contributed by atoms with E-state index in [4.69, 9.17) is 9.15 Å². The number of hydrogen-bond acceptors (Lipinski definition) is 4.